The molecule has 0 heterocycles. The maximum absolute atomic E-state index is 11.4. The molecule has 5 nitrogen and oxygen atoms in total. The fourth-order valence-electron chi connectivity index (χ4n) is 3.07. The smallest absolute Gasteiger partial charge is 0.193 e. The number of aliphatic hydroxyl groups is 1. The summed E-state index contributed by atoms with van der Waals surface area (Å²) in [6.07, 6.45) is 0.434. The van der Waals surface area contributed by atoms with E-state index < -0.39 is 5.60 Å². The van der Waals surface area contributed by atoms with Crippen molar-refractivity contribution in [3.63, 3.8) is 0 Å². The summed E-state index contributed by atoms with van der Waals surface area (Å²) in [6, 6.07) is 26.9. The largest absolute Gasteiger partial charge is 0.495 e. The average Bonchev–Trinajstić information content (AvgIpc) is 2.74. The Labute approximate surface area is 165 Å². The molecule has 0 saturated carbocycles. The van der Waals surface area contributed by atoms with E-state index in [9.17, 15) is 5.11 Å². The van der Waals surface area contributed by atoms with Gasteiger partial charge in [0.05, 0.1) is 19.3 Å². The van der Waals surface area contributed by atoms with Crippen LogP contribution < -0.4 is 15.8 Å². The van der Waals surface area contributed by atoms with E-state index in [-0.39, 0.29) is 12.5 Å². The maximum Gasteiger partial charge on any atom is 0.193 e. The van der Waals surface area contributed by atoms with Crippen LogP contribution in [0.25, 0.3) is 0 Å². The Morgan fingerprint density at radius 1 is 0.964 bits per heavy atom. The van der Waals surface area contributed by atoms with Gasteiger partial charge in [-0.3, -0.25) is 0 Å². The first-order chi connectivity index (χ1) is 13.6. The van der Waals surface area contributed by atoms with Crippen LogP contribution >= 0.6 is 0 Å². The molecule has 5 heteroatoms. The van der Waals surface area contributed by atoms with E-state index in [0.717, 1.165) is 16.8 Å². The Bertz CT molecular complexity index is 913. The van der Waals surface area contributed by atoms with Crippen LogP contribution in [0.3, 0.4) is 0 Å². The van der Waals surface area contributed by atoms with Crippen LogP contribution in [0.15, 0.2) is 89.9 Å². The van der Waals surface area contributed by atoms with Gasteiger partial charge in [0.25, 0.3) is 0 Å². The molecule has 3 aromatic rings. The zero-order valence-electron chi connectivity index (χ0n) is 15.9. The van der Waals surface area contributed by atoms with Crippen molar-refractivity contribution >= 4 is 11.6 Å². The van der Waals surface area contributed by atoms with E-state index in [1.807, 2.05) is 84.9 Å². The highest BCUT2D eigenvalue weighted by molar-refractivity contribution is 5.93. The summed E-state index contributed by atoms with van der Waals surface area (Å²) >= 11 is 0. The molecular formula is C23H25N3O2. The summed E-state index contributed by atoms with van der Waals surface area (Å²) in [4.78, 5) is 4.42. The standard InChI is InChI=1S/C23H25N3O2/c1-28-21-15-9-8-14-20(21)26-22(24)25-17-23(27,19-12-6-3-7-13-19)16-18-10-4-2-5-11-18/h2-15,27H,16-17H2,1H3,(H3,24,25,26). The van der Waals surface area contributed by atoms with Crippen molar-refractivity contribution in [2.75, 3.05) is 19.0 Å². The number of rotatable bonds is 7. The zero-order chi connectivity index (χ0) is 19.8. The van der Waals surface area contributed by atoms with Crippen molar-refractivity contribution in [2.24, 2.45) is 10.7 Å². The number of benzene rings is 3. The molecule has 0 saturated heterocycles. The van der Waals surface area contributed by atoms with E-state index in [0.29, 0.717) is 12.2 Å². The summed E-state index contributed by atoms with van der Waals surface area (Å²) in [7, 11) is 1.60. The Morgan fingerprint density at radius 2 is 1.57 bits per heavy atom. The van der Waals surface area contributed by atoms with Crippen LogP contribution in [0.2, 0.25) is 0 Å². The third-order valence-corrected chi connectivity index (χ3v) is 4.53. The number of ether oxygens (including phenoxy) is 1. The van der Waals surface area contributed by atoms with Gasteiger partial charge >= 0.3 is 0 Å². The minimum absolute atomic E-state index is 0.125. The van der Waals surface area contributed by atoms with Crippen LogP contribution in [0.5, 0.6) is 5.75 Å². The molecule has 144 valence electrons. The van der Waals surface area contributed by atoms with Crippen LogP contribution in [-0.4, -0.2) is 24.7 Å². The Balaban J connectivity index is 1.82. The molecular weight excluding hydrogens is 350 g/mol. The number of para-hydroxylation sites is 2. The van der Waals surface area contributed by atoms with Gasteiger partial charge in [0.2, 0.25) is 0 Å². The molecule has 1 unspecified atom stereocenters. The highest BCUT2D eigenvalue weighted by atomic mass is 16.5. The summed E-state index contributed by atoms with van der Waals surface area (Å²) < 4.78 is 5.32. The molecule has 0 aliphatic heterocycles. The fraction of sp³-hybridized carbons (Fsp3) is 0.174. The molecule has 0 bridgehead atoms. The lowest BCUT2D eigenvalue weighted by molar-refractivity contribution is 0.0468. The molecule has 1 atom stereocenters. The SMILES string of the molecule is COc1ccccc1NC(N)=NCC(O)(Cc1ccccc1)c1ccccc1. The predicted octanol–water partition coefficient (Wildman–Crippen LogP) is 3.55. The Kier molecular flexibility index (Phi) is 6.29. The molecule has 0 amide bonds. The number of nitrogens with zero attached hydrogens (tertiary/aromatic N) is 1. The molecule has 0 aliphatic carbocycles. The molecule has 0 spiro atoms. The van der Waals surface area contributed by atoms with E-state index in [1.165, 1.54) is 0 Å². The van der Waals surface area contributed by atoms with E-state index in [1.54, 1.807) is 7.11 Å². The predicted molar refractivity (Wildman–Crippen MR) is 114 cm³/mol. The second kappa shape index (κ2) is 9.06. The number of methoxy groups -OCH3 is 1. The quantitative estimate of drug-likeness (QED) is 0.436. The molecule has 3 aromatic carbocycles. The summed E-state index contributed by atoms with van der Waals surface area (Å²) in [6.45, 7) is 0.125. The number of guanidine groups is 1. The molecule has 0 aromatic heterocycles. The number of hydrogen-bond donors (Lipinski definition) is 3. The van der Waals surface area contributed by atoms with Gasteiger partial charge in [0, 0.05) is 6.42 Å². The van der Waals surface area contributed by atoms with Gasteiger partial charge in [-0.1, -0.05) is 72.8 Å². The third kappa shape index (κ3) is 4.90. The first-order valence-corrected chi connectivity index (χ1v) is 9.12. The van der Waals surface area contributed by atoms with Gasteiger partial charge in [0.1, 0.15) is 11.4 Å². The second-order valence-electron chi connectivity index (χ2n) is 6.59. The molecule has 28 heavy (non-hydrogen) atoms. The third-order valence-electron chi connectivity index (χ3n) is 4.53. The van der Waals surface area contributed by atoms with Crippen LogP contribution in [0.1, 0.15) is 11.1 Å². The van der Waals surface area contributed by atoms with E-state index >= 15 is 0 Å². The summed E-state index contributed by atoms with van der Waals surface area (Å²) in [5, 5.41) is 14.5. The van der Waals surface area contributed by atoms with Crippen molar-refractivity contribution in [3.05, 3.63) is 96.1 Å². The summed E-state index contributed by atoms with van der Waals surface area (Å²) in [5.41, 5.74) is 7.46. The van der Waals surface area contributed by atoms with Crippen LogP contribution in [0.4, 0.5) is 5.69 Å². The molecule has 0 aliphatic rings. The average molecular weight is 375 g/mol. The minimum Gasteiger partial charge on any atom is -0.495 e. The Hall–Kier alpha value is -3.31. The van der Waals surface area contributed by atoms with Gasteiger partial charge in [-0.15, -0.1) is 0 Å². The van der Waals surface area contributed by atoms with Crippen molar-refractivity contribution < 1.29 is 9.84 Å². The van der Waals surface area contributed by atoms with Crippen molar-refractivity contribution in [1.29, 1.82) is 0 Å². The van der Waals surface area contributed by atoms with Gasteiger partial charge in [-0.2, -0.15) is 0 Å². The lowest BCUT2D eigenvalue weighted by Crippen LogP contribution is -2.34. The molecule has 0 radical (unpaired) electrons. The van der Waals surface area contributed by atoms with Crippen molar-refractivity contribution in [1.82, 2.24) is 0 Å². The molecule has 0 fully saturated rings. The topological polar surface area (TPSA) is 79.9 Å². The summed E-state index contributed by atoms with van der Waals surface area (Å²) in [5.74, 6) is 0.884. The minimum atomic E-state index is -1.17. The molecule has 3 rings (SSSR count). The van der Waals surface area contributed by atoms with Crippen molar-refractivity contribution in [2.45, 2.75) is 12.0 Å². The van der Waals surface area contributed by atoms with Gasteiger partial charge in [-0.05, 0) is 23.3 Å². The molecule has 4 N–H and O–H groups in total. The van der Waals surface area contributed by atoms with Crippen molar-refractivity contribution in [3.8, 4) is 5.75 Å². The number of anilines is 1. The monoisotopic (exact) mass is 375 g/mol. The normalized spacial score (nSPS) is 13.6. The number of nitrogens with one attached hydrogen (secondary N) is 1. The number of nitrogens with two attached hydrogens (primary N) is 1. The number of aliphatic imine (C=N–C) groups is 1. The van der Waals surface area contributed by atoms with E-state index in [2.05, 4.69) is 10.3 Å². The zero-order valence-corrected chi connectivity index (χ0v) is 15.9. The van der Waals surface area contributed by atoms with Crippen LogP contribution in [0, 0.1) is 0 Å². The van der Waals surface area contributed by atoms with Crippen LogP contribution in [-0.2, 0) is 12.0 Å². The highest BCUT2D eigenvalue weighted by Gasteiger charge is 2.29. The van der Waals surface area contributed by atoms with E-state index in [4.69, 9.17) is 10.5 Å². The number of hydrogen-bond acceptors (Lipinski definition) is 3. The van der Waals surface area contributed by atoms with Gasteiger partial charge < -0.3 is 20.9 Å². The fourth-order valence-corrected chi connectivity index (χ4v) is 3.07. The second-order valence-corrected chi connectivity index (χ2v) is 6.59. The Morgan fingerprint density at radius 3 is 2.25 bits per heavy atom. The lowest BCUT2D eigenvalue weighted by atomic mass is 9.87. The lowest BCUT2D eigenvalue weighted by Gasteiger charge is -2.27. The first-order valence-electron chi connectivity index (χ1n) is 9.12. The van der Waals surface area contributed by atoms with Gasteiger partial charge in [0.15, 0.2) is 5.96 Å². The maximum atomic E-state index is 11.4. The highest BCUT2D eigenvalue weighted by Crippen LogP contribution is 2.27. The van der Waals surface area contributed by atoms with Gasteiger partial charge in [-0.25, -0.2) is 4.99 Å². The first kappa shape index (κ1) is 19.5.